The summed E-state index contributed by atoms with van der Waals surface area (Å²) in [5.74, 6) is -8.12. The first-order valence-corrected chi connectivity index (χ1v) is 19.8. The Morgan fingerprint density at radius 3 is 2.08 bits per heavy atom. The molecule has 8 atom stereocenters. The summed E-state index contributed by atoms with van der Waals surface area (Å²) in [6.07, 6.45) is -7.72. The Morgan fingerprint density at radius 2 is 1.53 bits per heavy atom. The van der Waals surface area contributed by atoms with Crippen LogP contribution in [0.3, 0.4) is 0 Å². The van der Waals surface area contributed by atoms with Gasteiger partial charge in [-0.15, -0.1) is 0 Å². The van der Waals surface area contributed by atoms with E-state index in [1.165, 1.54) is 19.1 Å². The number of nitrogens with one attached hydrogen (secondary N) is 3. The zero-order valence-corrected chi connectivity index (χ0v) is 36.5. The number of rotatable bonds is 16. The lowest BCUT2D eigenvalue weighted by atomic mass is 9.87. The molecule has 2 aliphatic rings. The van der Waals surface area contributed by atoms with E-state index in [-0.39, 0.29) is 17.7 Å². The molecule has 1 unspecified atom stereocenters. The zero-order chi connectivity index (χ0) is 46.5. The molecule has 1 aromatic rings. The lowest BCUT2D eigenvalue weighted by molar-refractivity contribution is -0.327. The second kappa shape index (κ2) is 22.2. The van der Waals surface area contributed by atoms with Gasteiger partial charge in [0.15, 0.2) is 12.2 Å². The van der Waals surface area contributed by atoms with Gasteiger partial charge >= 0.3 is 35.9 Å². The van der Waals surface area contributed by atoms with Gasteiger partial charge in [0.1, 0.15) is 30.1 Å². The van der Waals surface area contributed by atoms with Gasteiger partial charge < -0.3 is 53.8 Å². The number of alkyl carbamates (subject to hydrolysis) is 1. The highest BCUT2D eigenvalue weighted by Gasteiger charge is 2.60. The molecule has 3 amide bonds. The van der Waals surface area contributed by atoms with Crippen molar-refractivity contribution in [2.75, 3.05) is 20.2 Å². The monoisotopic (exact) mass is 876 g/mol. The number of ether oxygens (including phenoxy) is 8. The summed E-state index contributed by atoms with van der Waals surface area (Å²) in [4.78, 5) is 107. The van der Waals surface area contributed by atoms with Crippen LogP contribution in [0, 0.1) is 13.8 Å². The predicted molar refractivity (Wildman–Crippen MR) is 213 cm³/mol. The first-order valence-electron chi connectivity index (χ1n) is 19.8. The summed E-state index contributed by atoms with van der Waals surface area (Å²) in [7, 11) is 1.03. The molecular formula is C40H56N6O16. The lowest BCUT2D eigenvalue weighted by Crippen LogP contribution is -2.70. The highest BCUT2D eigenvalue weighted by molar-refractivity contribution is 5.95. The Morgan fingerprint density at radius 1 is 0.903 bits per heavy atom. The van der Waals surface area contributed by atoms with E-state index in [0.717, 1.165) is 27.9 Å². The fourth-order valence-corrected chi connectivity index (χ4v) is 7.24. The summed E-state index contributed by atoms with van der Waals surface area (Å²) in [6, 6.07) is 0.596. The summed E-state index contributed by atoms with van der Waals surface area (Å²) >= 11 is 0. The van der Waals surface area contributed by atoms with Gasteiger partial charge in [-0.2, -0.15) is 0 Å². The van der Waals surface area contributed by atoms with Gasteiger partial charge in [0.05, 0.1) is 38.3 Å². The Balaban J connectivity index is 2.22. The van der Waals surface area contributed by atoms with Crippen LogP contribution in [0.2, 0.25) is 0 Å². The zero-order valence-electron chi connectivity index (χ0n) is 36.5. The number of hydrogen-bond donors (Lipinski definition) is 3. The van der Waals surface area contributed by atoms with Crippen LogP contribution in [0.5, 0.6) is 5.75 Å². The molecule has 22 nitrogen and oxygen atoms in total. The normalized spacial score (nSPS) is 23.1. The Bertz CT molecular complexity index is 1890. The van der Waals surface area contributed by atoms with Gasteiger partial charge in [0, 0.05) is 38.2 Å². The van der Waals surface area contributed by atoms with E-state index in [1.807, 2.05) is 0 Å². The third-order valence-corrected chi connectivity index (χ3v) is 9.46. The quantitative estimate of drug-likeness (QED) is 0.0537. The maximum atomic E-state index is 14.1. The molecule has 22 heteroatoms. The second-order valence-corrected chi connectivity index (χ2v) is 15.8. The molecule has 1 aliphatic heterocycles. The maximum absolute atomic E-state index is 14.1. The van der Waals surface area contributed by atoms with Gasteiger partial charge in [-0.25, -0.2) is 9.59 Å². The molecule has 342 valence electrons. The van der Waals surface area contributed by atoms with Gasteiger partial charge in [0.25, 0.3) is 11.7 Å². The molecule has 1 saturated heterocycles. The fraction of sp³-hybridized carbons (Fsp3) is 0.650. The molecule has 3 rings (SSSR count). The largest absolute Gasteiger partial charge is 0.465 e. The van der Waals surface area contributed by atoms with E-state index in [1.54, 1.807) is 34.6 Å². The van der Waals surface area contributed by atoms with Crippen LogP contribution in [-0.2, 0) is 61.9 Å². The molecule has 0 radical (unpaired) electrons. The minimum atomic E-state index is -2.54. The number of benzene rings is 1. The van der Waals surface area contributed by atoms with E-state index in [0.29, 0.717) is 30.4 Å². The van der Waals surface area contributed by atoms with Gasteiger partial charge in [0.2, 0.25) is 5.91 Å². The van der Waals surface area contributed by atoms with Crippen molar-refractivity contribution < 1.29 is 76.3 Å². The number of amides is 3. The molecule has 2 fully saturated rings. The molecular weight excluding hydrogens is 820 g/mol. The highest BCUT2D eigenvalue weighted by Crippen LogP contribution is 2.40. The highest BCUT2D eigenvalue weighted by atomic mass is 16.7. The number of methoxy groups -OCH3 is 1. The number of nitrogens with zero attached hydrogens (tertiary/aromatic N) is 3. The topological polar surface area (TPSA) is 295 Å². The molecule has 62 heavy (non-hydrogen) atoms. The van der Waals surface area contributed by atoms with Crippen molar-refractivity contribution in [2.45, 2.75) is 148 Å². The van der Waals surface area contributed by atoms with Crippen LogP contribution >= 0.6 is 0 Å². The number of carbonyl (C=O) groups is 8. The summed E-state index contributed by atoms with van der Waals surface area (Å²) in [5, 5.41) is 11.3. The third kappa shape index (κ3) is 14.6. The van der Waals surface area contributed by atoms with E-state index < -0.39 is 121 Å². The van der Waals surface area contributed by atoms with E-state index in [2.05, 4.69) is 26.0 Å². The van der Waals surface area contributed by atoms with Gasteiger partial charge in [-0.3, -0.25) is 28.8 Å². The Kier molecular flexibility index (Phi) is 18.0. The van der Waals surface area contributed by atoms with Crippen molar-refractivity contribution in [3.05, 3.63) is 39.3 Å². The van der Waals surface area contributed by atoms with Crippen molar-refractivity contribution in [1.29, 1.82) is 0 Å². The minimum absolute atomic E-state index is 0.112. The van der Waals surface area contributed by atoms with Crippen molar-refractivity contribution in [2.24, 2.45) is 5.11 Å². The number of hydrogen-bond acceptors (Lipinski definition) is 17. The molecule has 0 spiro atoms. The lowest BCUT2D eigenvalue weighted by Gasteiger charge is -2.50. The minimum Gasteiger partial charge on any atom is -0.465 e. The van der Waals surface area contributed by atoms with Crippen molar-refractivity contribution in [3.63, 3.8) is 0 Å². The Labute approximate surface area is 358 Å². The van der Waals surface area contributed by atoms with Crippen molar-refractivity contribution in [1.82, 2.24) is 16.0 Å². The van der Waals surface area contributed by atoms with Crippen molar-refractivity contribution in [3.8, 4) is 5.75 Å². The van der Waals surface area contributed by atoms with E-state index in [9.17, 15) is 38.4 Å². The van der Waals surface area contributed by atoms with Gasteiger partial charge in [-0.1, -0.05) is 18.0 Å². The van der Waals surface area contributed by atoms with Crippen molar-refractivity contribution >= 4 is 47.8 Å². The second-order valence-electron chi connectivity index (χ2n) is 15.8. The van der Waals surface area contributed by atoms with Crippen LogP contribution in [0.1, 0.15) is 102 Å². The van der Waals surface area contributed by atoms with Crippen LogP contribution < -0.4 is 20.7 Å². The first-order chi connectivity index (χ1) is 29.0. The predicted octanol–water partition coefficient (Wildman–Crippen LogP) is 3.06. The molecule has 1 aromatic carbocycles. The summed E-state index contributed by atoms with van der Waals surface area (Å²) in [5.41, 5.74) is 8.70. The molecule has 0 bridgehead atoms. The molecule has 1 aliphatic carbocycles. The van der Waals surface area contributed by atoms with E-state index in [4.69, 9.17) is 43.4 Å². The first kappa shape index (κ1) is 50.4. The van der Waals surface area contributed by atoms with Gasteiger partial charge in [-0.05, 0) is 76.3 Å². The SMILES string of the molecule is COC(=O)[C@@]1(O[C@H]2CCCC[C@H]2NC(=O)CN=[N+]=[N-])C[C@H](OC(C)=O)[C@@H](NC(=O)OC(C)(C)C)C([C@H](OC(C)=O)[C@@H](CNC(=O)c2cc(C)c(OC(C)=O)c(C)c2)OC(C)=O)O1. The number of aryl methyl sites for hydroxylation is 2. The van der Waals surface area contributed by atoms with E-state index >= 15 is 0 Å². The van der Waals surface area contributed by atoms with Crippen LogP contribution in [0.15, 0.2) is 17.2 Å². The van der Waals surface area contributed by atoms with Crippen LogP contribution in [-0.4, -0.2) is 122 Å². The molecule has 1 heterocycles. The summed E-state index contributed by atoms with van der Waals surface area (Å²) in [6.45, 7) is 11.3. The average Bonchev–Trinajstić information content (AvgIpc) is 3.16. The number of esters is 5. The number of carbonyl (C=O) groups excluding carboxylic acids is 8. The number of azide groups is 1. The Hall–Kier alpha value is -5.99. The summed E-state index contributed by atoms with van der Waals surface area (Å²) < 4.78 is 46.2. The third-order valence-electron chi connectivity index (χ3n) is 9.46. The maximum Gasteiger partial charge on any atom is 0.408 e. The average molecular weight is 877 g/mol. The van der Waals surface area contributed by atoms with Crippen LogP contribution in [0.25, 0.3) is 10.4 Å². The standard InChI is InChI=1S/C40H56N6O16/c1-20-15-26(16-21(2)33(20)58-24(5)49)36(52)42-18-30(57-23(4)48)34(59-25(6)50)35-32(45-38(54)62-39(7,8)9)29(56-22(3)47)17-40(61-35,37(53)55-10)60-28-14-12-11-13-27(28)44-31(51)19-43-46-41/h15-16,27-30,32,34-35H,11-14,17-19H2,1-10H3,(H,42,52)(H,44,51)(H,45,54)/t27-,28+,29+,30-,32-,34-,35?,40-/m1/s1. The van der Waals surface area contributed by atoms with Crippen LogP contribution in [0.4, 0.5) is 4.79 Å². The molecule has 1 saturated carbocycles. The molecule has 0 aromatic heterocycles. The smallest absolute Gasteiger partial charge is 0.408 e. The molecule has 3 N–H and O–H groups in total. The fourth-order valence-electron chi connectivity index (χ4n) is 7.24.